The van der Waals surface area contributed by atoms with E-state index in [1.807, 2.05) is 6.07 Å². The Morgan fingerprint density at radius 3 is 3.20 bits per heavy atom. The van der Waals surface area contributed by atoms with Crippen molar-refractivity contribution in [1.29, 1.82) is 5.26 Å². The summed E-state index contributed by atoms with van der Waals surface area (Å²) < 4.78 is 1.58. The van der Waals surface area contributed by atoms with Crippen molar-refractivity contribution in [3.63, 3.8) is 0 Å². The van der Waals surface area contributed by atoms with Crippen LogP contribution in [-0.2, 0) is 19.5 Å². The summed E-state index contributed by atoms with van der Waals surface area (Å²) in [6.07, 6.45) is 3.86. The van der Waals surface area contributed by atoms with Crippen LogP contribution in [0.2, 0.25) is 0 Å². The van der Waals surface area contributed by atoms with Crippen LogP contribution in [-0.4, -0.2) is 21.1 Å². The van der Waals surface area contributed by atoms with E-state index in [1.165, 1.54) is 0 Å². The summed E-state index contributed by atoms with van der Waals surface area (Å²) in [5.74, 6) is 0. The van der Waals surface area contributed by atoms with E-state index in [2.05, 4.69) is 15.3 Å². The van der Waals surface area contributed by atoms with Crippen LogP contribution in [0.5, 0.6) is 0 Å². The molecule has 6 heteroatoms. The lowest BCUT2D eigenvalue weighted by Crippen LogP contribution is -2.34. The van der Waals surface area contributed by atoms with Crippen LogP contribution in [0.4, 0.5) is 0 Å². The first kappa shape index (κ1) is 12.5. The second kappa shape index (κ2) is 5.23. The number of hydrogen-bond donors (Lipinski definition) is 1. The highest BCUT2D eigenvalue weighted by atomic mass is 16.1. The molecule has 3 heterocycles. The van der Waals surface area contributed by atoms with Crippen molar-refractivity contribution in [2.24, 2.45) is 0 Å². The Hall–Kier alpha value is -2.52. The average Bonchev–Trinajstić information content (AvgIpc) is 2.50. The molecular weight excluding hydrogens is 254 g/mol. The van der Waals surface area contributed by atoms with Crippen molar-refractivity contribution < 1.29 is 0 Å². The van der Waals surface area contributed by atoms with E-state index in [9.17, 15) is 4.79 Å². The number of hydrogen-bond acceptors (Lipinski definition) is 5. The van der Waals surface area contributed by atoms with Gasteiger partial charge in [0.25, 0.3) is 5.56 Å². The Bertz CT molecular complexity index is 744. The Morgan fingerprint density at radius 1 is 1.45 bits per heavy atom. The van der Waals surface area contributed by atoms with Crippen molar-refractivity contribution in [2.45, 2.75) is 19.5 Å². The summed E-state index contributed by atoms with van der Waals surface area (Å²) in [7, 11) is 0. The van der Waals surface area contributed by atoms with Gasteiger partial charge in [-0.05, 0) is 30.7 Å². The second-order valence-electron chi connectivity index (χ2n) is 4.69. The van der Waals surface area contributed by atoms with Gasteiger partial charge in [-0.15, -0.1) is 0 Å². The fourth-order valence-corrected chi connectivity index (χ4v) is 2.33. The van der Waals surface area contributed by atoms with Gasteiger partial charge in [-0.2, -0.15) is 5.26 Å². The summed E-state index contributed by atoms with van der Waals surface area (Å²) in [5, 5.41) is 12.0. The fourth-order valence-electron chi connectivity index (χ4n) is 2.33. The van der Waals surface area contributed by atoms with Gasteiger partial charge in [0.1, 0.15) is 11.8 Å². The molecule has 1 aliphatic rings. The third kappa shape index (κ3) is 2.31. The van der Waals surface area contributed by atoms with Gasteiger partial charge >= 0.3 is 0 Å². The molecule has 0 amide bonds. The molecule has 6 nitrogen and oxygen atoms in total. The molecule has 20 heavy (non-hydrogen) atoms. The van der Waals surface area contributed by atoms with Crippen molar-refractivity contribution in [1.82, 2.24) is 19.9 Å². The van der Waals surface area contributed by atoms with Crippen molar-refractivity contribution in [2.75, 3.05) is 6.54 Å². The van der Waals surface area contributed by atoms with Crippen molar-refractivity contribution >= 4 is 0 Å². The second-order valence-corrected chi connectivity index (χ2v) is 4.69. The third-order valence-electron chi connectivity index (χ3n) is 3.36. The highest BCUT2D eigenvalue weighted by Crippen LogP contribution is 2.07. The first-order valence-corrected chi connectivity index (χ1v) is 6.41. The van der Waals surface area contributed by atoms with Crippen LogP contribution < -0.4 is 10.9 Å². The molecule has 0 unspecified atom stereocenters. The first-order valence-electron chi connectivity index (χ1n) is 6.41. The number of nitrogens with zero attached hydrogens (tertiary/aromatic N) is 4. The zero-order chi connectivity index (χ0) is 13.9. The van der Waals surface area contributed by atoms with E-state index >= 15 is 0 Å². The molecule has 0 atom stereocenters. The number of nitrogens with one attached hydrogen (secondary N) is 1. The average molecular weight is 267 g/mol. The molecule has 0 radical (unpaired) electrons. The van der Waals surface area contributed by atoms with Gasteiger partial charge < -0.3 is 5.32 Å². The molecule has 0 aromatic carbocycles. The van der Waals surface area contributed by atoms with E-state index in [1.54, 1.807) is 29.2 Å². The van der Waals surface area contributed by atoms with E-state index in [4.69, 9.17) is 5.26 Å². The van der Waals surface area contributed by atoms with Gasteiger partial charge in [-0.1, -0.05) is 0 Å². The van der Waals surface area contributed by atoms with Gasteiger partial charge in [-0.25, -0.2) is 9.97 Å². The molecule has 100 valence electrons. The quantitative estimate of drug-likeness (QED) is 0.840. The minimum atomic E-state index is 0.00631. The molecule has 1 N–H and O–H groups in total. The van der Waals surface area contributed by atoms with E-state index < -0.39 is 0 Å². The Balaban J connectivity index is 1.95. The summed E-state index contributed by atoms with van der Waals surface area (Å²) in [6.45, 7) is 1.87. The number of rotatable bonds is 2. The lowest BCUT2D eigenvalue weighted by atomic mass is 10.1. The normalized spacial score (nSPS) is 13.6. The number of fused-ring (bicyclic) bond motifs is 1. The lowest BCUT2D eigenvalue weighted by Gasteiger charge is -2.16. The molecule has 0 spiro atoms. The molecule has 0 fully saturated rings. The summed E-state index contributed by atoms with van der Waals surface area (Å²) >= 11 is 0. The molecule has 1 aliphatic heterocycles. The minimum absolute atomic E-state index is 0.00631. The number of pyridine rings is 1. The Kier molecular flexibility index (Phi) is 3.27. The van der Waals surface area contributed by atoms with Crippen LogP contribution in [0.1, 0.15) is 22.5 Å². The van der Waals surface area contributed by atoms with Crippen LogP contribution in [0.15, 0.2) is 29.5 Å². The Labute approximate surface area is 115 Å². The molecule has 3 rings (SSSR count). The molecule has 0 bridgehead atoms. The highest BCUT2D eigenvalue weighted by Gasteiger charge is 2.15. The molecule has 0 aliphatic carbocycles. The zero-order valence-corrected chi connectivity index (χ0v) is 10.8. The monoisotopic (exact) mass is 267 g/mol. The first-order chi connectivity index (χ1) is 9.78. The zero-order valence-electron chi connectivity index (χ0n) is 10.8. The molecular formula is C14H13N5O. The minimum Gasteiger partial charge on any atom is -0.311 e. The standard InChI is InChI=1S/C14H13N5O/c15-6-11-5-10(1-4-17-11)8-19-9-18-13-7-16-3-2-12(13)14(19)20/h1,4-5,9,16H,2-3,7-8H2. The van der Waals surface area contributed by atoms with Gasteiger partial charge in [-0.3, -0.25) is 9.36 Å². The van der Waals surface area contributed by atoms with Crippen LogP contribution in [0, 0.1) is 11.3 Å². The van der Waals surface area contributed by atoms with E-state index in [0.717, 1.165) is 23.4 Å². The SMILES string of the molecule is N#Cc1cc(Cn2cnc3c(c2=O)CCNC3)ccn1. The smallest absolute Gasteiger partial charge is 0.257 e. The topological polar surface area (TPSA) is 83.6 Å². The summed E-state index contributed by atoms with van der Waals surface area (Å²) in [4.78, 5) is 20.6. The molecule has 0 saturated carbocycles. The molecule has 2 aromatic rings. The van der Waals surface area contributed by atoms with E-state index in [0.29, 0.717) is 25.2 Å². The predicted molar refractivity (Wildman–Crippen MR) is 72.0 cm³/mol. The predicted octanol–water partition coefficient (Wildman–Crippen LogP) is 0.204. The maximum Gasteiger partial charge on any atom is 0.257 e. The lowest BCUT2D eigenvalue weighted by molar-refractivity contribution is 0.596. The highest BCUT2D eigenvalue weighted by molar-refractivity contribution is 5.26. The van der Waals surface area contributed by atoms with Crippen LogP contribution in [0.25, 0.3) is 0 Å². The van der Waals surface area contributed by atoms with Gasteiger partial charge in [0.15, 0.2) is 0 Å². The van der Waals surface area contributed by atoms with Gasteiger partial charge in [0.2, 0.25) is 0 Å². The van der Waals surface area contributed by atoms with Crippen molar-refractivity contribution in [3.8, 4) is 6.07 Å². The van der Waals surface area contributed by atoms with Gasteiger partial charge in [0, 0.05) is 18.3 Å². The molecule has 0 saturated heterocycles. The summed E-state index contributed by atoms with van der Waals surface area (Å²) in [5.41, 5.74) is 2.86. The number of nitriles is 1. The Morgan fingerprint density at radius 2 is 2.35 bits per heavy atom. The number of aromatic nitrogens is 3. The fraction of sp³-hybridized carbons (Fsp3) is 0.286. The maximum atomic E-state index is 12.4. The maximum absolute atomic E-state index is 12.4. The van der Waals surface area contributed by atoms with E-state index in [-0.39, 0.29) is 5.56 Å². The summed E-state index contributed by atoms with van der Waals surface area (Å²) in [6, 6.07) is 5.48. The molecule has 2 aromatic heterocycles. The van der Waals surface area contributed by atoms with Crippen molar-refractivity contribution in [3.05, 3.63) is 57.5 Å². The third-order valence-corrected chi connectivity index (χ3v) is 3.36. The largest absolute Gasteiger partial charge is 0.311 e. The van der Waals surface area contributed by atoms with Crippen LogP contribution in [0.3, 0.4) is 0 Å². The van der Waals surface area contributed by atoms with Gasteiger partial charge in [0.05, 0.1) is 18.6 Å². The van der Waals surface area contributed by atoms with Crippen LogP contribution >= 0.6 is 0 Å².